The zero-order valence-electron chi connectivity index (χ0n) is 16.3. The second kappa shape index (κ2) is 13.3. The highest BCUT2D eigenvalue weighted by Gasteiger charge is 2.40. The van der Waals surface area contributed by atoms with Crippen LogP contribution in [0.4, 0.5) is 0 Å². The van der Waals surface area contributed by atoms with Crippen LogP contribution in [0.1, 0.15) is 91.4 Å². The van der Waals surface area contributed by atoms with E-state index in [1.807, 2.05) is 0 Å². The molecule has 6 heteroatoms. The van der Waals surface area contributed by atoms with E-state index in [1.165, 1.54) is 51.9 Å². The maximum Gasteiger partial charge on any atom is 0.291 e. The van der Waals surface area contributed by atoms with Crippen LogP contribution in [0.3, 0.4) is 0 Å². The van der Waals surface area contributed by atoms with Gasteiger partial charge in [0.1, 0.15) is 0 Å². The van der Waals surface area contributed by atoms with Crippen molar-refractivity contribution in [3.05, 3.63) is 12.7 Å². The lowest BCUT2D eigenvalue weighted by Crippen LogP contribution is -2.52. The first-order valence-electron chi connectivity index (χ1n) is 9.66. The first-order chi connectivity index (χ1) is 11.8. The van der Waals surface area contributed by atoms with Gasteiger partial charge in [0, 0.05) is 0 Å². The van der Waals surface area contributed by atoms with Gasteiger partial charge in [0.25, 0.3) is 10.1 Å². The second-order valence-corrected chi connectivity index (χ2v) is 8.76. The molecule has 0 rings (SSSR count). The van der Waals surface area contributed by atoms with Crippen molar-refractivity contribution in [2.75, 3.05) is 6.61 Å². The molecular formula is C19H37NO4S. The standard InChI is InChI=1S/C19H37NO4S/c1-5-8-9-10-11-12-13-14-15-16-17-19(4,20-18(21)6-2)25(22,23)24-7-3/h6H,2,5,7-17H2,1,3-4H3,(H,20,21). The van der Waals surface area contributed by atoms with E-state index in [1.54, 1.807) is 6.92 Å². The third-order valence-electron chi connectivity index (χ3n) is 4.41. The van der Waals surface area contributed by atoms with Gasteiger partial charge in [-0.3, -0.25) is 8.98 Å². The molecule has 0 heterocycles. The number of hydrogen-bond acceptors (Lipinski definition) is 4. The van der Waals surface area contributed by atoms with E-state index < -0.39 is 20.9 Å². The van der Waals surface area contributed by atoms with Crippen molar-refractivity contribution in [2.24, 2.45) is 0 Å². The van der Waals surface area contributed by atoms with Crippen LogP contribution in [0.15, 0.2) is 12.7 Å². The largest absolute Gasteiger partial charge is 0.332 e. The number of amides is 1. The highest BCUT2D eigenvalue weighted by molar-refractivity contribution is 7.88. The minimum Gasteiger partial charge on any atom is -0.332 e. The summed E-state index contributed by atoms with van der Waals surface area (Å²) in [5, 5.41) is 2.53. The number of carbonyl (C=O) groups excluding carboxylic acids is 1. The molecule has 1 unspecified atom stereocenters. The molecule has 0 spiro atoms. The minimum absolute atomic E-state index is 0.0555. The Morgan fingerprint density at radius 2 is 1.48 bits per heavy atom. The Balaban J connectivity index is 4.24. The van der Waals surface area contributed by atoms with Gasteiger partial charge in [-0.15, -0.1) is 0 Å². The van der Waals surface area contributed by atoms with E-state index in [0.29, 0.717) is 6.42 Å². The molecule has 0 saturated heterocycles. The van der Waals surface area contributed by atoms with E-state index >= 15 is 0 Å². The summed E-state index contributed by atoms with van der Waals surface area (Å²) in [7, 11) is -3.87. The van der Waals surface area contributed by atoms with Gasteiger partial charge in [-0.1, -0.05) is 71.3 Å². The van der Waals surface area contributed by atoms with E-state index in [0.717, 1.165) is 25.3 Å². The highest BCUT2D eigenvalue weighted by atomic mass is 32.2. The molecule has 0 fully saturated rings. The average Bonchev–Trinajstić information content (AvgIpc) is 2.56. The summed E-state index contributed by atoms with van der Waals surface area (Å²) in [5.41, 5.74) is 0. The fourth-order valence-electron chi connectivity index (χ4n) is 2.80. The fraction of sp³-hybridized carbons (Fsp3) is 0.842. The van der Waals surface area contributed by atoms with E-state index in [9.17, 15) is 13.2 Å². The third kappa shape index (κ3) is 10.00. The number of unbranched alkanes of at least 4 members (excludes halogenated alkanes) is 9. The van der Waals surface area contributed by atoms with Crippen molar-refractivity contribution in [3.8, 4) is 0 Å². The summed E-state index contributed by atoms with van der Waals surface area (Å²) < 4.78 is 29.6. The second-order valence-electron chi connectivity index (χ2n) is 6.72. The topological polar surface area (TPSA) is 72.5 Å². The molecule has 0 bridgehead atoms. The van der Waals surface area contributed by atoms with Crippen LogP contribution in [-0.4, -0.2) is 25.8 Å². The Kier molecular flexibility index (Phi) is 12.9. The Morgan fingerprint density at radius 3 is 1.92 bits per heavy atom. The lowest BCUT2D eigenvalue weighted by Gasteiger charge is -2.29. The van der Waals surface area contributed by atoms with Gasteiger partial charge in [-0.25, -0.2) is 0 Å². The van der Waals surface area contributed by atoms with Gasteiger partial charge in [0.15, 0.2) is 4.87 Å². The van der Waals surface area contributed by atoms with Crippen molar-refractivity contribution in [1.82, 2.24) is 5.32 Å². The maximum absolute atomic E-state index is 12.3. The molecule has 0 radical (unpaired) electrons. The Labute approximate surface area is 154 Å². The van der Waals surface area contributed by atoms with Gasteiger partial charge < -0.3 is 5.32 Å². The van der Waals surface area contributed by atoms with Gasteiger partial charge in [-0.05, 0) is 32.8 Å². The van der Waals surface area contributed by atoms with Crippen molar-refractivity contribution in [3.63, 3.8) is 0 Å². The molecule has 0 aromatic rings. The first-order valence-corrected chi connectivity index (χ1v) is 11.1. The van der Waals surface area contributed by atoms with Crippen LogP contribution in [-0.2, 0) is 19.1 Å². The summed E-state index contributed by atoms with van der Waals surface area (Å²) >= 11 is 0. The summed E-state index contributed by atoms with van der Waals surface area (Å²) in [6, 6.07) is 0. The third-order valence-corrected chi connectivity index (χ3v) is 6.36. The molecule has 1 atom stereocenters. The number of rotatable bonds is 16. The molecule has 0 aromatic carbocycles. The van der Waals surface area contributed by atoms with E-state index in [4.69, 9.17) is 4.18 Å². The van der Waals surface area contributed by atoms with Gasteiger partial charge in [-0.2, -0.15) is 8.42 Å². The molecule has 25 heavy (non-hydrogen) atoms. The van der Waals surface area contributed by atoms with E-state index in [-0.39, 0.29) is 6.61 Å². The quantitative estimate of drug-likeness (QED) is 0.241. The fourth-order valence-corrected chi connectivity index (χ4v) is 3.99. The van der Waals surface area contributed by atoms with Crippen LogP contribution in [0.2, 0.25) is 0 Å². The monoisotopic (exact) mass is 375 g/mol. The molecule has 1 amide bonds. The van der Waals surface area contributed by atoms with Crippen LogP contribution >= 0.6 is 0 Å². The van der Waals surface area contributed by atoms with Crippen LogP contribution < -0.4 is 5.32 Å². The summed E-state index contributed by atoms with van der Waals surface area (Å²) in [6.07, 6.45) is 13.1. The normalized spacial score (nSPS) is 14.0. The molecule has 5 nitrogen and oxygen atoms in total. The molecule has 0 saturated carbocycles. The van der Waals surface area contributed by atoms with E-state index in [2.05, 4.69) is 18.8 Å². The molecule has 0 aliphatic rings. The van der Waals surface area contributed by atoms with Crippen LogP contribution in [0, 0.1) is 0 Å². The Morgan fingerprint density at radius 1 is 1.00 bits per heavy atom. The van der Waals surface area contributed by atoms with Crippen LogP contribution in [0.5, 0.6) is 0 Å². The lowest BCUT2D eigenvalue weighted by molar-refractivity contribution is -0.117. The minimum atomic E-state index is -3.87. The number of nitrogens with one attached hydrogen (secondary N) is 1. The molecule has 0 aliphatic heterocycles. The van der Waals surface area contributed by atoms with Gasteiger partial charge >= 0.3 is 0 Å². The SMILES string of the molecule is C=CC(=O)NC(C)(CCCCCCCCCCCC)S(=O)(=O)OCC. The van der Waals surface area contributed by atoms with Gasteiger partial charge in [0.2, 0.25) is 5.91 Å². The summed E-state index contributed by atoms with van der Waals surface area (Å²) in [6.45, 7) is 8.78. The highest BCUT2D eigenvalue weighted by Crippen LogP contribution is 2.24. The molecule has 1 N–H and O–H groups in total. The van der Waals surface area contributed by atoms with Crippen molar-refractivity contribution in [2.45, 2.75) is 96.3 Å². The Bertz CT molecular complexity index is 476. The summed E-state index contributed by atoms with van der Waals surface area (Å²) in [5.74, 6) is -0.502. The zero-order valence-corrected chi connectivity index (χ0v) is 17.1. The first kappa shape index (κ1) is 24.1. The number of carbonyl (C=O) groups is 1. The predicted octanol–water partition coefficient (Wildman–Crippen LogP) is 4.68. The zero-order chi connectivity index (χ0) is 19.2. The molecular weight excluding hydrogens is 338 g/mol. The number of hydrogen-bond donors (Lipinski definition) is 1. The Hall–Kier alpha value is -0.880. The predicted molar refractivity (Wildman–Crippen MR) is 104 cm³/mol. The average molecular weight is 376 g/mol. The van der Waals surface area contributed by atoms with Gasteiger partial charge in [0.05, 0.1) is 6.61 Å². The smallest absolute Gasteiger partial charge is 0.291 e. The molecule has 0 aromatic heterocycles. The lowest BCUT2D eigenvalue weighted by atomic mass is 10.0. The molecule has 148 valence electrons. The van der Waals surface area contributed by atoms with Crippen molar-refractivity contribution >= 4 is 16.0 Å². The van der Waals surface area contributed by atoms with Crippen LogP contribution in [0.25, 0.3) is 0 Å². The van der Waals surface area contributed by atoms with Crippen molar-refractivity contribution < 1.29 is 17.4 Å². The molecule has 0 aliphatic carbocycles. The summed E-state index contributed by atoms with van der Waals surface area (Å²) in [4.78, 5) is 10.2. The van der Waals surface area contributed by atoms with Crippen molar-refractivity contribution in [1.29, 1.82) is 0 Å². The maximum atomic E-state index is 12.3.